The van der Waals surface area contributed by atoms with Crippen LogP contribution in [0.1, 0.15) is 62.8 Å². The van der Waals surface area contributed by atoms with Gasteiger partial charge in [0, 0.05) is 12.4 Å². The van der Waals surface area contributed by atoms with Gasteiger partial charge in [-0.3, -0.25) is 4.98 Å². The van der Waals surface area contributed by atoms with E-state index >= 15 is 0 Å². The van der Waals surface area contributed by atoms with Gasteiger partial charge in [0.1, 0.15) is 0 Å². The van der Waals surface area contributed by atoms with Crippen LogP contribution in [0.3, 0.4) is 0 Å². The predicted octanol–water partition coefficient (Wildman–Crippen LogP) is 7.58. The number of hydrogen-bond donors (Lipinski definition) is 0. The van der Waals surface area contributed by atoms with Crippen LogP contribution in [-0.4, -0.2) is 4.98 Å². The topological polar surface area (TPSA) is 12.9 Å². The highest BCUT2D eigenvalue weighted by atomic mass is 14.6. The summed E-state index contributed by atoms with van der Waals surface area (Å²) in [6.45, 7) is 11.6. The lowest BCUT2D eigenvalue weighted by atomic mass is 9.66. The Balaban J connectivity index is 1.90. The summed E-state index contributed by atoms with van der Waals surface area (Å²) in [4.78, 5) is 4.40. The van der Waals surface area contributed by atoms with E-state index in [0.29, 0.717) is 0 Å². The van der Waals surface area contributed by atoms with Crippen molar-refractivity contribution in [3.05, 3.63) is 105 Å². The fourth-order valence-electron chi connectivity index (χ4n) is 5.17. The third kappa shape index (κ3) is 3.99. The molecule has 4 rings (SSSR count). The summed E-state index contributed by atoms with van der Waals surface area (Å²) in [6, 6.07) is 11.2. The molecule has 0 saturated carbocycles. The van der Waals surface area contributed by atoms with Crippen LogP contribution in [-0.2, 0) is 12.8 Å². The number of allylic oxidation sites excluding steroid dienone is 8. The quantitative estimate of drug-likeness (QED) is 0.520. The molecule has 0 unspecified atom stereocenters. The van der Waals surface area contributed by atoms with Gasteiger partial charge in [0.2, 0.25) is 0 Å². The molecule has 1 nitrogen and oxygen atoms in total. The van der Waals surface area contributed by atoms with Gasteiger partial charge in [-0.2, -0.15) is 0 Å². The molecule has 1 aromatic heterocycles. The first-order chi connectivity index (χ1) is 14.4. The van der Waals surface area contributed by atoms with Gasteiger partial charge in [0.05, 0.1) is 0 Å². The Morgan fingerprint density at radius 2 is 1.80 bits per heavy atom. The number of aryl methyl sites for hydroxylation is 1. The van der Waals surface area contributed by atoms with Gasteiger partial charge in [-0.05, 0) is 96.9 Å². The van der Waals surface area contributed by atoms with E-state index in [9.17, 15) is 0 Å². The molecule has 2 aromatic rings. The molecule has 0 bridgehead atoms. The number of rotatable bonds is 4. The van der Waals surface area contributed by atoms with Gasteiger partial charge in [0.15, 0.2) is 0 Å². The summed E-state index contributed by atoms with van der Waals surface area (Å²) in [5.74, 6) is 0. The van der Waals surface area contributed by atoms with Crippen molar-refractivity contribution < 1.29 is 0 Å². The Morgan fingerprint density at radius 1 is 1.03 bits per heavy atom. The lowest BCUT2D eigenvalue weighted by Gasteiger charge is -2.38. The van der Waals surface area contributed by atoms with Gasteiger partial charge < -0.3 is 0 Å². The Morgan fingerprint density at radius 3 is 2.50 bits per heavy atom. The molecule has 0 N–H and O–H groups in total. The molecule has 0 saturated heterocycles. The zero-order chi connectivity index (χ0) is 21.3. The van der Waals surface area contributed by atoms with Crippen molar-refractivity contribution in [2.45, 2.75) is 60.3 Å². The first kappa shape index (κ1) is 20.6. The largest absolute Gasteiger partial charge is 0.264 e. The van der Waals surface area contributed by atoms with E-state index in [2.05, 4.69) is 94.4 Å². The minimum absolute atomic E-state index is 0.0656. The van der Waals surface area contributed by atoms with Gasteiger partial charge in [-0.1, -0.05) is 67.5 Å². The maximum absolute atomic E-state index is 4.40. The van der Waals surface area contributed by atoms with Gasteiger partial charge in [0.25, 0.3) is 0 Å². The van der Waals surface area contributed by atoms with Crippen LogP contribution in [0, 0.1) is 12.3 Å². The Bertz CT molecular complexity index is 1070. The number of hydrogen-bond acceptors (Lipinski definition) is 1. The van der Waals surface area contributed by atoms with Gasteiger partial charge in [-0.25, -0.2) is 0 Å². The molecule has 0 spiro atoms. The first-order valence-corrected chi connectivity index (χ1v) is 11.1. The van der Waals surface area contributed by atoms with Crippen LogP contribution < -0.4 is 0 Å². The zero-order valence-corrected chi connectivity index (χ0v) is 19.0. The summed E-state index contributed by atoms with van der Waals surface area (Å²) >= 11 is 0. The van der Waals surface area contributed by atoms with E-state index in [0.717, 1.165) is 25.7 Å². The van der Waals surface area contributed by atoms with Crippen LogP contribution in [0.15, 0.2) is 83.2 Å². The summed E-state index contributed by atoms with van der Waals surface area (Å²) < 4.78 is 0. The fourth-order valence-corrected chi connectivity index (χ4v) is 5.17. The Hall–Kier alpha value is -2.67. The van der Waals surface area contributed by atoms with E-state index in [-0.39, 0.29) is 5.41 Å². The number of pyridine rings is 1. The van der Waals surface area contributed by atoms with Crippen molar-refractivity contribution in [2.75, 3.05) is 0 Å². The van der Waals surface area contributed by atoms with E-state index in [1.165, 1.54) is 50.1 Å². The predicted molar refractivity (Wildman–Crippen MR) is 128 cm³/mol. The van der Waals surface area contributed by atoms with E-state index in [4.69, 9.17) is 0 Å². The fraction of sp³-hybridized carbons (Fsp3) is 0.345. The molecule has 0 fully saturated rings. The smallest absolute Gasteiger partial charge is 0.0306 e. The lowest BCUT2D eigenvalue weighted by Crippen LogP contribution is -2.26. The molecule has 1 heteroatoms. The van der Waals surface area contributed by atoms with Crippen LogP contribution in [0.4, 0.5) is 0 Å². The third-order valence-corrected chi connectivity index (χ3v) is 6.54. The average Bonchev–Trinajstić information content (AvgIpc) is 2.73. The first-order valence-electron chi connectivity index (χ1n) is 11.1. The number of fused-ring (bicyclic) bond motifs is 1. The van der Waals surface area contributed by atoms with Gasteiger partial charge >= 0.3 is 0 Å². The normalized spacial score (nSPS) is 18.6. The van der Waals surface area contributed by atoms with Crippen LogP contribution >= 0.6 is 0 Å². The minimum Gasteiger partial charge on any atom is -0.264 e. The van der Waals surface area contributed by atoms with Crippen molar-refractivity contribution >= 4 is 5.57 Å². The molecule has 1 heterocycles. The van der Waals surface area contributed by atoms with E-state index < -0.39 is 0 Å². The Labute approximate surface area is 182 Å². The molecular weight excluding hydrogens is 362 g/mol. The molecule has 0 aliphatic heterocycles. The second-order valence-electron chi connectivity index (χ2n) is 9.55. The molecule has 30 heavy (non-hydrogen) atoms. The highest BCUT2D eigenvalue weighted by Gasteiger charge is 2.35. The molecule has 1 aromatic carbocycles. The molecule has 0 atom stereocenters. The average molecular weight is 396 g/mol. The van der Waals surface area contributed by atoms with E-state index in [1.807, 2.05) is 6.20 Å². The van der Waals surface area contributed by atoms with E-state index in [1.54, 1.807) is 0 Å². The van der Waals surface area contributed by atoms with Crippen LogP contribution in [0.5, 0.6) is 0 Å². The molecular formula is C29H33N. The summed E-state index contributed by atoms with van der Waals surface area (Å²) in [5, 5.41) is 0. The standard InChI is InChI=1S/C29H33N/c1-20-11-13-23(14-12-20)17-21(2)27(24-9-7-6-8-10-24)28-22(3)26-15-16-30-19-25(26)18-29(28,4)5/h7,9-16,19H,6,8,17-18H2,1-5H3/b27-21+. The molecule has 0 amide bonds. The van der Waals surface area contributed by atoms with Crippen molar-refractivity contribution in [2.24, 2.45) is 5.41 Å². The lowest BCUT2D eigenvalue weighted by molar-refractivity contribution is 0.443. The Kier molecular flexibility index (Phi) is 5.64. The van der Waals surface area contributed by atoms with Gasteiger partial charge in [-0.15, -0.1) is 0 Å². The maximum atomic E-state index is 4.40. The maximum Gasteiger partial charge on any atom is 0.0306 e. The second kappa shape index (κ2) is 8.22. The molecule has 2 aliphatic carbocycles. The molecule has 154 valence electrons. The summed E-state index contributed by atoms with van der Waals surface area (Å²) in [7, 11) is 0. The van der Waals surface area contributed by atoms with Crippen molar-refractivity contribution in [3.63, 3.8) is 0 Å². The number of nitrogens with zero attached hydrogens (tertiary/aromatic N) is 1. The highest BCUT2D eigenvalue weighted by Crippen LogP contribution is 2.48. The van der Waals surface area contributed by atoms with Crippen molar-refractivity contribution in [1.82, 2.24) is 4.98 Å². The second-order valence-corrected chi connectivity index (χ2v) is 9.55. The number of benzene rings is 1. The van der Waals surface area contributed by atoms with Crippen LogP contribution in [0.25, 0.3) is 5.57 Å². The van der Waals surface area contributed by atoms with Crippen molar-refractivity contribution in [1.29, 1.82) is 0 Å². The zero-order valence-electron chi connectivity index (χ0n) is 19.0. The summed E-state index contributed by atoms with van der Waals surface area (Å²) in [5.41, 5.74) is 12.7. The minimum atomic E-state index is 0.0656. The van der Waals surface area contributed by atoms with Crippen LogP contribution in [0.2, 0.25) is 0 Å². The third-order valence-electron chi connectivity index (χ3n) is 6.54. The highest BCUT2D eigenvalue weighted by molar-refractivity contribution is 5.79. The summed E-state index contributed by atoms with van der Waals surface area (Å²) in [6.07, 6.45) is 15.4. The van der Waals surface area contributed by atoms with Crippen molar-refractivity contribution in [3.8, 4) is 0 Å². The molecule has 2 aliphatic rings. The molecule has 0 radical (unpaired) electrons. The monoisotopic (exact) mass is 395 g/mol. The number of aromatic nitrogens is 1. The SMILES string of the molecule is CC1=C(/C(C2=CCCC=C2)=C(\C)Cc2ccc(C)cc2)C(C)(C)Cc2cnccc21.